The Balaban J connectivity index is 2.33. The molecule has 0 aliphatic carbocycles. The number of nitrogens with zero attached hydrogens (tertiary/aromatic N) is 1. The number of carbonyl (C=O) groups is 1. The molecule has 5 nitrogen and oxygen atoms in total. The van der Waals surface area contributed by atoms with E-state index in [9.17, 15) is 4.79 Å². The van der Waals surface area contributed by atoms with Crippen molar-refractivity contribution in [3.8, 4) is 11.5 Å². The zero-order chi connectivity index (χ0) is 13.8. The van der Waals surface area contributed by atoms with Crippen molar-refractivity contribution < 1.29 is 14.3 Å². The van der Waals surface area contributed by atoms with Crippen LogP contribution >= 0.6 is 0 Å². The number of hydrogen-bond acceptors (Lipinski definition) is 4. The number of nitrogens with two attached hydrogens (primary N) is 1. The summed E-state index contributed by atoms with van der Waals surface area (Å²) in [7, 11) is 3.09. The van der Waals surface area contributed by atoms with Gasteiger partial charge in [0.25, 0.3) is 5.91 Å². The molecule has 0 amide bonds. The van der Waals surface area contributed by atoms with Gasteiger partial charge in [-0.3, -0.25) is 9.36 Å². The average molecular weight is 260 g/mol. The molecule has 2 rings (SSSR count). The summed E-state index contributed by atoms with van der Waals surface area (Å²) in [5, 5.41) is 0. The molecule has 1 aromatic carbocycles. The predicted molar refractivity (Wildman–Crippen MR) is 71.6 cm³/mol. The first-order valence-corrected chi connectivity index (χ1v) is 5.83. The Labute approximate surface area is 111 Å². The highest BCUT2D eigenvalue weighted by Crippen LogP contribution is 2.27. The third kappa shape index (κ3) is 2.61. The third-order valence-corrected chi connectivity index (χ3v) is 2.85. The van der Waals surface area contributed by atoms with E-state index in [0.29, 0.717) is 23.6 Å². The lowest BCUT2D eigenvalue weighted by Gasteiger charge is -2.09. The van der Waals surface area contributed by atoms with Crippen LogP contribution in [0, 0.1) is 0 Å². The third-order valence-electron chi connectivity index (χ3n) is 2.85. The van der Waals surface area contributed by atoms with Gasteiger partial charge in [0.05, 0.1) is 14.2 Å². The largest absolute Gasteiger partial charge is 0.493 e. The summed E-state index contributed by atoms with van der Waals surface area (Å²) in [5.74, 6) is 0.981. The minimum atomic E-state index is -0.138. The van der Waals surface area contributed by atoms with Gasteiger partial charge in [-0.1, -0.05) is 0 Å². The molecule has 1 heterocycles. The predicted octanol–water partition coefficient (Wildman–Crippen LogP) is 1.65. The van der Waals surface area contributed by atoms with Crippen LogP contribution < -0.4 is 15.2 Å². The van der Waals surface area contributed by atoms with E-state index in [1.54, 1.807) is 37.7 Å². The Bertz CT molecular complexity index is 590. The van der Waals surface area contributed by atoms with E-state index in [4.69, 9.17) is 15.2 Å². The van der Waals surface area contributed by atoms with Gasteiger partial charge in [0.2, 0.25) is 0 Å². The Morgan fingerprint density at radius 2 is 1.95 bits per heavy atom. The van der Waals surface area contributed by atoms with E-state index in [1.165, 1.54) is 11.7 Å². The first-order chi connectivity index (χ1) is 9.19. The minimum absolute atomic E-state index is 0.138. The van der Waals surface area contributed by atoms with Gasteiger partial charge in [0, 0.05) is 24.5 Å². The van der Waals surface area contributed by atoms with Crippen molar-refractivity contribution in [2.45, 2.75) is 6.54 Å². The van der Waals surface area contributed by atoms with Crippen LogP contribution in [0.15, 0.2) is 36.7 Å². The van der Waals surface area contributed by atoms with Gasteiger partial charge in [-0.2, -0.15) is 0 Å². The van der Waals surface area contributed by atoms with Crippen LogP contribution in [0.4, 0.5) is 0 Å². The molecule has 5 heteroatoms. The second kappa shape index (κ2) is 5.58. The van der Waals surface area contributed by atoms with E-state index in [-0.39, 0.29) is 5.91 Å². The number of ether oxygens (including phenoxy) is 2. The average Bonchev–Trinajstić information content (AvgIpc) is 2.94. The van der Waals surface area contributed by atoms with Crippen molar-refractivity contribution in [3.63, 3.8) is 0 Å². The summed E-state index contributed by atoms with van der Waals surface area (Å²) >= 11 is 0. The molecular weight excluding hydrogens is 244 g/mol. The van der Waals surface area contributed by atoms with Gasteiger partial charge < -0.3 is 15.2 Å². The second-order valence-electron chi connectivity index (χ2n) is 4.01. The van der Waals surface area contributed by atoms with Gasteiger partial charge in [-0.25, -0.2) is 0 Å². The first kappa shape index (κ1) is 13.2. The zero-order valence-electron chi connectivity index (χ0n) is 10.9. The highest BCUT2D eigenvalue weighted by Gasteiger charge is 2.12. The van der Waals surface area contributed by atoms with Gasteiger partial charge in [-0.15, -0.1) is 0 Å². The van der Waals surface area contributed by atoms with Gasteiger partial charge >= 0.3 is 0 Å². The maximum atomic E-state index is 12.3. The summed E-state index contributed by atoms with van der Waals surface area (Å²) < 4.78 is 11.8. The number of aromatic nitrogens is 1. The smallest absolute Gasteiger partial charge is 0.261 e. The van der Waals surface area contributed by atoms with Crippen molar-refractivity contribution in [1.82, 2.24) is 4.57 Å². The summed E-state index contributed by atoms with van der Waals surface area (Å²) in [6.45, 7) is 0.409. The van der Waals surface area contributed by atoms with Crippen molar-refractivity contribution in [1.29, 1.82) is 0 Å². The molecule has 19 heavy (non-hydrogen) atoms. The fraction of sp³-hybridized carbons (Fsp3) is 0.214. The topological polar surface area (TPSA) is 66.5 Å². The molecular formula is C14H16N2O3. The fourth-order valence-corrected chi connectivity index (χ4v) is 1.81. The maximum Gasteiger partial charge on any atom is 0.261 e. The normalized spacial score (nSPS) is 10.3. The molecule has 0 radical (unpaired) electrons. The van der Waals surface area contributed by atoms with Gasteiger partial charge in [-0.05, 0) is 29.8 Å². The van der Waals surface area contributed by atoms with Crippen molar-refractivity contribution >= 4 is 5.91 Å². The van der Waals surface area contributed by atoms with Gasteiger partial charge in [0.15, 0.2) is 11.5 Å². The number of carbonyl (C=O) groups excluding carboxylic acids is 1. The van der Waals surface area contributed by atoms with E-state index in [0.717, 1.165) is 5.56 Å². The lowest BCUT2D eigenvalue weighted by atomic mass is 10.2. The van der Waals surface area contributed by atoms with E-state index < -0.39 is 0 Å². The number of benzene rings is 1. The minimum Gasteiger partial charge on any atom is -0.493 e. The molecule has 0 aliphatic heterocycles. The van der Waals surface area contributed by atoms with Crippen LogP contribution in [0.25, 0.3) is 0 Å². The Hall–Kier alpha value is -2.27. The molecule has 0 aliphatic rings. The fourth-order valence-electron chi connectivity index (χ4n) is 1.81. The molecule has 0 unspecified atom stereocenters. The molecule has 0 spiro atoms. The van der Waals surface area contributed by atoms with Crippen molar-refractivity contribution in [2.75, 3.05) is 14.2 Å². The molecule has 2 aromatic rings. The summed E-state index contributed by atoms with van der Waals surface area (Å²) in [6, 6.07) is 6.88. The molecule has 0 bridgehead atoms. The zero-order valence-corrected chi connectivity index (χ0v) is 10.9. The summed E-state index contributed by atoms with van der Waals surface area (Å²) in [4.78, 5) is 12.3. The van der Waals surface area contributed by atoms with E-state index in [2.05, 4.69) is 0 Å². The highest BCUT2D eigenvalue weighted by atomic mass is 16.5. The van der Waals surface area contributed by atoms with Crippen LogP contribution in [0.3, 0.4) is 0 Å². The standard InChI is InChI=1S/C14H16N2O3/c1-18-12-4-3-11(7-13(12)19-2)14(17)16-6-5-10(8-15)9-16/h3-7,9H,8,15H2,1-2H3. The maximum absolute atomic E-state index is 12.3. The Kier molecular flexibility index (Phi) is 3.87. The van der Waals surface area contributed by atoms with Crippen LogP contribution in [-0.2, 0) is 6.54 Å². The highest BCUT2D eigenvalue weighted by molar-refractivity contribution is 5.96. The summed E-state index contributed by atoms with van der Waals surface area (Å²) in [6.07, 6.45) is 3.42. The van der Waals surface area contributed by atoms with Crippen LogP contribution in [0.1, 0.15) is 15.9 Å². The van der Waals surface area contributed by atoms with Crippen LogP contribution in [0.5, 0.6) is 11.5 Å². The molecule has 2 N–H and O–H groups in total. The summed E-state index contributed by atoms with van der Waals surface area (Å²) in [5.41, 5.74) is 6.96. The molecule has 0 saturated carbocycles. The SMILES string of the molecule is COc1ccc(C(=O)n2ccc(CN)c2)cc1OC. The number of rotatable bonds is 4. The molecule has 0 atom stereocenters. The quantitative estimate of drug-likeness (QED) is 0.907. The van der Waals surface area contributed by atoms with E-state index in [1.807, 2.05) is 6.07 Å². The van der Waals surface area contributed by atoms with Crippen molar-refractivity contribution in [2.24, 2.45) is 5.73 Å². The first-order valence-electron chi connectivity index (χ1n) is 5.83. The second-order valence-corrected chi connectivity index (χ2v) is 4.01. The van der Waals surface area contributed by atoms with Crippen LogP contribution in [-0.4, -0.2) is 24.7 Å². The molecule has 1 aromatic heterocycles. The van der Waals surface area contributed by atoms with Gasteiger partial charge in [0.1, 0.15) is 0 Å². The van der Waals surface area contributed by atoms with E-state index >= 15 is 0 Å². The monoisotopic (exact) mass is 260 g/mol. The number of hydrogen-bond donors (Lipinski definition) is 1. The molecule has 100 valence electrons. The Morgan fingerprint density at radius 1 is 1.21 bits per heavy atom. The Morgan fingerprint density at radius 3 is 2.53 bits per heavy atom. The van der Waals surface area contributed by atoms with Crippen molar-refractivity contribution in [3.05, 3.63) is 47.8 Å². The lowest BCUT2D eigenvalue weighted by molar-refractivity contribution is 0.0960. The lowest BCUT2D eigenvalue weighted by Crippen LogP contribution is -2.10. The van der Waals surface area contributed by atoms with Crippen LogP contribution in [0.2, 0.25) is 0 Å². The number of methoxy groups -OCH3 is 2. The molecule has 0 fully saturated rings. The molecule has 0 saturated heterocycles.